The first-order chi connectivity index (χ1) is 13.4. The molecule has 0 amide bonds. The van der Waals surface area contributed by atoms with Gasteiger partial charge in [0.25, 0.3) is 5.56 Å². The molecule has 0 aliphatic carbocycles. The van der Waals surface area contributed by atoms with Crippen LogP contribution < -0.4 is 10.3 Å². The first-order valence-electron chi connectivity index (χ1n) is 7.98. The Bertz CT molecular complexity index is 1080. The molecule has 0 saturated heterocycles. The number of carbonyl (C=O) groups excluding carboxylic acids is 1. The summed E-state index contributed by atoms with van der Waals surface area (Å²) < 4.78 is 35.6. The first kappa shape index (κ1) is 19.7. The molecule has 0 fully saturated rings. The summed E-state index contributed by atoms with van der Waals surface area (Å²) in [6.07, 6.45) is 4.25. The number of alkyl halides is 2. The third-order valence-corrected chi connectivity index (χ3v) is 4.03. The molecular formula is C19H13BrF2N2O4. The lowest BCUT2D eigenvalue weighted by molar-refractivity contribution is -0.139. The fourth-order valence-corrected chi connectivity index (χ4v) is 2.65. The monoisotopic (exact) mass is 450 g/mol. The summed E-state index contributed by atoms with van der Waals surface area (Å²) in [6.45, 7) is -3.05. The summed E-state index contributed by atoms with van der Waals surface area (Å²) >= 11 is 3.28. The zero-order chi connectivity index (χ0) is 20.1. The van der Waals surface area contributed by atoms with E-state index in [4.69, 9.17) is 4.74 Å². The highest BCUT2D eigenvalue weighted by molar-refractivity contribution is 9.10. The topological polar surface area (TPSA) is 69.9 Å². The number of ether oxygens (including phenoxy) is 2. The van der Waals surface area contributed by atoms with Crippen LogP contribution in [-0.2, 0) is 16.1 Å². The van der Waals surface area contributed by atoms with Crippen LogP contribution in [0.5, 0.6) is 5.75 Å². The molecule has 0 spiro atoms. The second kappa shape index (κ2) is 8.75. The van der Waals surface area contributed by atoms with Crippen LogP contribution in [0.1, 0.15) is 11.3 Å². The van der Waals surface area contributed by atoms with Gasteiger partial charge in [-0.1, -0.05) is 12.1 Å². The molecule has 0 bridgehead atoms. The predicted octanol–water partition coefficient (Wildman–Crippen LogP) is 3.82. The fourth-order valence-electron chi connectivity index (χ4n) is 2.32. The van der Waals surface area contributed by atoms with Crippen LogP contribution >= 0.6 is 15.9 Å². The predicted molar refractivity (Wildman–Crippen MR) is 101 cm³/mol. The summed E-state index contributed by atoms with van der Waals surface area (Å²) in [7, 11) is 0. The molecule has 0 saturated carbocycles. The molecule has 28 heavy (non-hydrogen) atoms. The zero-order valence-electron chi connectivity index (χ0n) is 14.2. The van der Waals surface area contributed by atoms with Crippen molar-refractivity contribution >= 4 is 33.6 Å². The Labute approximate surface area is 166 Å². The van der Waals surface area contributed by atoms with Gasteiger partial charge in [-0.05, 0) is 51.8 Å². The van der Waals surface area contributed by atoms with Gasteiger partial charge in [-0.2, -0.15) is 8.78 Å². The van der Waals surface area contributed by atoms with Crippen molar-refractivity contribution in [1.82, 2.24) is 9.38 Å². The van der Waals surface area contributed by atoms with Gasteiger partial charge in [-0.25, -0.2) is 9.78 Å². The lowest BCUT2D eigenvalue weighted by atomic mass is 10.2. The second-order valence-corrected chi connectivity index (χ2v) is 6.47. The summed E-state index contributed by atoms with van der Waals surface area (Å²) in [5.74, 6) is -0.610. The van der Waals surface area contributed by atoms with Crippen molar-refractivity contribution in [2.75, 3.05) is 0 Å². The minimum atomic E-state index is -2.89. The molecule has 3 aromatic rings. The first-order valence-corrected chi connectivity index (χ1v) is 8.77. The standard InChI is InChI=1S/C19H13BrF2N2O4/c20-13-4-7-16-23-14(9-17(25)24(16)10-13)11-27-18(26)8-3-12-1-5-15(6-2-12)28-19(21)22/h1-10,19H,11H2/b8-3+. The van der Waals surface area contributed by atoms with E-state index in [9.17, 15) is 18.4 Å². The third kappa shape index (κ3) is 5.23. The maximum absolute atomic E-state index is 12.1. The largest absolute Gasteiger partial charge is 0.456 e. The van der Waals surface area contributed by atoms with E-state index in [1.807, 2.05) is 0 Å². The number of halogens is 3. The molecule has 0 N–H and O–H groups in total. The SMILES string of the molecule is O=C(/C=C/c1ccc(OC(F)F)cc1)OCc1cc(=O)n2cc(Br)ccc2n1. The minimum absolute atomic E-state index is 0.0235. The maximum atomic E-state index is 12.1. The van der Waals surface area contributed by atoms with Crippen LogP contribution in [0.15, 0.2) is 64.0 Å². The number of pyridine rings is 1. The van der Waals surface area contributed by atoms with Gasteiger partial charge >= 0.3 is 12.6 Å². The van der Waals surface area contributed by atoms with E-state index in [0.717, 1.165) is 4.47 Å². The molecule has 6 nitrogen and oxygen atoms in total. The quantitative estimate of drug-likeness (QED) is 0.421. The molecular weight excluding hydrogens is 438 g/mol. The van der Waals surface area contributed by atoms with Gasteiger partial charge in [0.15, 0.2) is 0 Å². The molecule has 1 aromatic carbocycles. The molecule has 2 heterocycles. The van der Waals surface area contributed by atoms with Crippen LogP contribution in [0.2, 0.25) is 0 Å². The van der Waals surface area contributed by atoms with Crippen LogP contribution in [0.4, 0.5) is 8.78 Å². The Balaban J connectivity index is 1.61. The molecule has 0 aliphatic rings. The Morgan fingerprint density at radius 3 is 2.68 bits per heavy atom. The van der Waals surface area contributed by atoms with Crippen molar-refractivity contribution in [3.63, 3.8) is 0 Å². The Morgan fingerprint density at radius 2 is 1.96 bits per heavy atom. The van der Waals surface area contributed by atoms with Gasteiger partial charge in [-0.15, -0.1) is 0 Å². The normalized spacial score (nSPS) is 11.3. The number of hydrogen-bond donors (Lipinski definition) is 0. The van der Waals surface area contributed by atoms with E-state index in [-0.39, 0.29) is 17.9 Å². The lowest BCUT2D eigenvalue weighted by Gasteiger charge is -2.05. The number of aromatic nitrogens is 2. The third-order valence-electron chi connectivity index (χ3n) is 3.56. The fraction of sp³-hybridized carbons (Fsp3) is 0.105. The van der Waals surface area contributed by atoms with Gasteiger partial charge in [-0.3, -0.25) is 9.20 Å². The van der Waals surface area contributed by atoms with Gasteiger partial charge in [0, 0.05) is 22.8 Å². The number of benzene rings is 1. The summed E-state index contributed by atoms with van der Waals surface area (Å²) in [6, 6.07) is 10.5. The number of carbonyl (C=O) groups is 1. The lowest BCUT2D eigenvalue weighted by Crippen LogP contribution is -2.16. The Hall–Kier alpha value is -3.07. The van der Waals surface area contributed by atoms with Crippen molar-refractivity contribution in [3.05, 3.63) is 80.8 Å². The minimum Gasteiger partial charge on any atom is -0.456 e. The van der Waals surface area contributed by atoms with Crippen LogP contribution in [0.25, 0.3) is 11.7 Å². The van der Waals surface area contributed by atoms with Crippen molar-refractivity contribution in [3.8, 4) is 5.75 Å². The molecule has 0 unspecified atom stereocenters. The number of fused-ring (bicyclic) bond motifs is 1. The second-order valence-electron chi connectivity index (χ2n) is 5.55. The summed E-state index contributed by atoms with van der Waals surface area (Å²) in [5.41, 5.74) is 1.07. The van der Waals surface area contributed by atoms with Crippen molar-refractivity contribution in [2.45, 2.75) is 13.2 Å². The van der Waals surface area contributed by atoms with Crippen molar-refractivity contribution < 1.29 is 23.0 Å². The average molecular weight is 451 g/mol. The van der Waals surface area contributed by atoms with Gasteiger partial charge < -0.3 is 9.47 Å². The van der Waals surface area contributed by atoms with E-state index in [1.54, 1.807) is 18.3 Å². The smallest absolute Gasteiger partial charge is 0.387 e. The molecule has 0 atom stereocenters. The van der Waals surface area contributed by atoms with Gasteiger partial charge in [0.05, 0.1) is 5.69 Å². The molecule has 9 heteroatoms. The average Bonchev–Trinajstić information content (AvgIpc) is 2.66. The maximum Gasteiger partial charge on any atom is 0.387 e. The van der Waals surface area contributed by atoms with Crippen LogP contribution in [0.3, 0.4) is 0 Å². The Morgan fingerprint density at radius 1 is 1.21 bits per heavy atom. The summed E-state index contributed by atoms with van der Waals surface area (Å²) in [4.78, 5) is 28.2. The molecule has 144 valence electrons. The van der Waals surface area contributed by atoms with E-state index in [1.165, 1.54) is 46.9 Å². The van der Waals surface area contributed by atoms with E-state index < -0.39 is 12.6 Å². The summed E-state index contributed by atoms with van der Waals surface area (Å²) in [5, 5.41) is 0. The highest BCUT2D eigenvalue weighted by Gasteiger charge is 2.06. The van der Waals surface area contributed by atoms with Crippen LogP contribution in [0, 0.1) is 0 Å². The van der Waals surface area contributed by atoms with Crippen molar-refractivity contribution in [2.24, 2.45) is 0 Å². The molecule has 0 aliphatic heterocycles. The highest BCUT2D eigenvalue weighted by atomic mass is 79.9. The van der Waals surface area contributed by atoms with Gasteiger partial charge in [0.1, 0.15) is 18.0 Å². The van der Waals surface area contributed by atoms with E-state index in [0.29, 0.717) is 16.9 Å². The van der Waals surface area contributed by atoms with Crippen molar-refractivity contribution in [1.29, 1.82) is 0 Å². The number of esters is 1. The highest BCUT2D eigenvalue weighted by Crippen LogP contribution is 2.15. The zero-order valence-corrected chi connectivity index (χ0v) is 15.8. The molecule has 2 aromatic heterocycles. The van der Waals surface area contributed by atoms with Crippen LogP contribution in [-0.4, -0.2) is 22.0 Å². The Kier molecular flexibility index (Phi) is 6.15. The van der Waals surface area contributed by atoms with E-state index >= 15 is 0 Å². The number of hydrogen-bond acceptors (Lipinski definition) is 5. The molecule has 0 radical (unpaired) electrons. The molecule has 3 rings (SSSR count). The number of rotatable bonds is 6. The number of nitrogens with zero attached hydrogens (tertiary/aromatic N) is 2. The van der Waals surface area contributed by atoms with Gasteiger partial charge in [0.2, 0.25) is 0 Å². The van der Waals surface area contributed by atoms with E-state index in [2.05, 4.69) is 25.7 Å².